The molecule has 3 N–H and O–H groups in total. The third-order valence-electron chi connectivity index (χ3n) is 6.80. The zero-order chi connectivity index (χ0) is 31.3. The Labute approximate surface area is 248 Å². The number of nitrogens with zero attached hydrogens (tertiary/aromatic N) is 3. The minimum atomic E-state index is -4.79. The number of hydrogen-bond acceptors (Lipinski definition) is 7. The number of halogens is 4. The number of rotatable bonds is 6. The van der Waals surface area contributed by atoms with E-state index in [1.807, 2.05) is 26.0 Å². The first-order valence-electron chi connectivity index (χ1n) is 13.0. The highest BCUT2D eigenvalue weighted by Gasteiger charge is 2.44. The number of aromatic hydroxyl groups is 1. The van der Waals surface area contributed by atoms with Gasteiger partial charge in [-0.25, -0.2) is 14.2 Å². The van der Waals surface area contributed by atoms with Crippen LogP contribution in [0, 0.1) is 12.7 Å². The van der Waals surface area contributed by atoms with E-state index in [0.29, 0.717) is 28.3 Å². The number of phenols is 1. The molecule has 224 valence electrons. The molecule has 8 nitrogen and oxygen atoms in total. The van der Waals surface area contributed by atoms with E-state index in [1.165, 1.54) is 11.3 Å². The topological polar surface area (TPSA) is 104 Å². The number of para-hydroxylation sites is 2. The molecule has 0 spiro atoms. The van der Waals surface area contributed by atoms with Crippen molar-refractivity contribution in [1.82, 2.24) is 10.1 Å². The summed E-state index contributed by atoms with van der Waals surface area (Å²) in [5.41, 5.74) is 0.385. The van der Waals surface area contributed by atoms with Gasteiger partial charge in [0.1, 0.15) is 11.6 Å². The molecule has 0 saturated carbocycles. The van der Waals surface area contributed by atoms with Gasteiger partial charge in [0.15, 0.2) is 16.6 Å². The summed E-state index contributed by atoms with van der Waals surface area (Å²) in [4.78, 5) is 20.0. The van der Waals surface area contributed by atoms with E-state index in [0.717, 1.165) is 16.5 Å². The number of carbonyl (C=O) groups excluding carboxylic acids is 1. The fourth-order valence-electron chi connectivity index (χ4n) is 4.99. The van der Waals surface area contributed by atoms with Crippen LogP contribution in [-0.4, -0.2) is 27.8 Å². The number of phenolic OH excluding ortho intramolecular Hbond substituents is 1. The Morgan fingerprint density at radius 3 is 2.63 bits per heavy atom. The number of fused-ring (bicyclic) bond motifs is 1. The van der Waals surface area contributed by atoms with E-state index < -0.39 is 40.6 Å². The van der Waals surface area contributed by atoms with Gasteiger partial charge in [-0.15, -0.1) is 11.3 Å². The number of allylic oxidation sites excluding steroid dienone is 2. The molecule has 5 rings (SSSR count). The quantitative estimate of drug-likeness (QED) is 0.149. The molecule has 2 aromatic carbocycles. The summed E-state index contributed by atoms with van der Waals surface area (Å²) in [5.74, 6) is -1.80. The van der Waals surface area contributed by atoms with Crippen LogP contribution >= 0.6 is 11.3 Å². The van der Waals surface area contributed by atoms with Gasteiger partial charge in [0.2, 0.25) is 0 Å². The van der Waals surface area contributed by atoms with E-state index in [1.54, 1.807) is 43.0 Å². The zero-order valence-corrected chi connectivity index (χ0v) is 24.4. The Bertz CT molecular complexity index is 1770. The van der Waals surface area contributed by atoms with E-state index in [4.69, 9.17) is 4.52 Å². The molecule has 0 radical (unpaired) electrons. The van der Waals surface area contributed by atoms with E-state index in [9.17, 15) is 23.1 Å². The fraction of sp³-hybridized carbons (Fsp3) is 0.233. The molecular weight excluding hydrogens is 586 g/mol. The minimum absolute atomic E-state index is 0.172. The number of aromatic nitrogens is 2. The highest BCUT2D eigenvalue weighted by atomic mass is 32.1. The Hall–Kier alpha value is -4.65. The number of aryl methyl sites for hydroxylation is 1. The lowest BCUT2D eigenvalue weighted by atomic mass is 9.82. The Balaban J connectivity index is 1.50. The van der Waals surface area contributed by atoms with Gasteiger partial charge in [-0.05, 0) is 32.1 Å². The zero-order valence-electron chi connectivity index (χ0n) is 23.6. The molecule has 3 heterocycles. The second-order valence-corrected chi connectivity index (χ2v) is 12.0. The van der Waals surface area contributed by atoms with Crippen molar-refractivity contribution >= 4 is 45.6 Å². The van der Waals surface area contributed by atoms with Gasteiger partial charge in [-0.3, -0.25) is 5.32 Å². The molecule has 0 aliphatic carbocycles. The average molecular weight is 614 g/mol. The van der Waals surface area contributed by atoms with Crippen LogP contribution in [-0.2, 0) is 11.6 Å². The molecule has 0 bridgehead atoms. The summed E-state index contributed by atoms with van der Waals surface area (Å²) in [5, 5.41) is 19.9. The maximum atomic E-state index is 15.3. The molecule has 0 unspecified atom stereocenters. The smallest absolute Gasteiger partial charge is 0.436 e. The number of anilines is 4. The van der Waals surface area contributed by atoms with Crippen LogP contribution in [0.5, 0.6) is 5.75 Å². The number of thiazole rings is 1. The summed E-state index contributed by atoms with van der Waals surface area (Å²) in [7, 11) is 0. The molecule has 1 aliphatic rings. The van der Waals surface area contributed by atoms with Crippen molar-refractivity contribution in [1.29, 1.82) is 0 Å². The fourth-order valence-corrected chi connectivity index (χ4v) is 5.78. The second kappa shape index (κ2) is 10.9. The molecule has 0 atom stereocenters. The van der Waals surface area contributed by atoms with Crippen LogP contribution in [0.1, 0.15) is 42.6 Å². The van der Waals surface area contributed by atoms with Crippen molar-refractivity contribution in [3.05, 3.63) is 82.3 Å². The van der Waals surface area contributed by atoms with Crippen molar-refractivity contribution in [2.24, 2.45) is 0 Å². The number of amides is 2. The molecule has 0 fully saturated rings. The van der Waals surface area contributed by atoms with Crippen molar-refractivity contribution in [2.45, 2.75) is 39.3 Å². The number of urea groups is 1. The van der Waals surface area contributed by atoms with E-state index in [-0.39, 0.29) is 23.4 Å². The summed E-state index contributed by atoms with van der Waals surface area (Å²) in [6.45, 7) is 11.3. The summed E-state index contributed by atoms with van der Waals surface area (Å²) in [6.07, 6.45) is -1.15. The first kappa shape index (κ1) is 29.8. The molecule has 13 heteroatoms. The highest BCUT2D eigenvalue weighted by Crippen LogP contribution is 2.54. The second-order valence-electron chi connectivity index (χ2n) is 10.8. The van der Waals surface area contributed by atoms with Gasteiger partial charge in [0.25, 0.3) is 0 Å². The van der Waals surface area contributed by atoms with Crippen LogP contribution in [0.3, 0.4) is 0 Å². The average Bonchev–Trinajstić information content (AvgIpc) is 3.59. The normalized spacial score (nSPS) is 14.3. The van der Waals surface area contributed by atoms with Crippen LogP contribution in [0.4, 0.5) is 44.5 Å². The van der Waals surface area contributed by atoms with Crippen molar-refractivity contribution in [3.8, 4) is 17.1 Å². The number of hydrogen-bond donors (Lipinski definition) is 3. The molecule has 1 aliphatic heterocycles. The monoisotopic (exact) mass is 613 g/mol. The van der Waals surface area contributed by atoms with Crippen LogP contribution < -0.4 is 15.5 Å². The highest BCUT2D eigenvalue weighted by molar-refractivity contribution is 7.15. The van der Waals surface area contributed by atoms with E-state index in [2.05, 4.69) is 27.4 Å². The Morgan fingerprint density at radius 1 is 1.23 bits per heavy atom. The molecule has 2 aromatic heterocycles. The lowest BCUT2D eigenvalue weighted by Gasteiger charge is -2.25. The number of carbonyl (C=O) groups is 1. The third-order valence-corrected chi connectivity index (χ3v) is 7.70. The SMILES string of the molecule is C=C(C)/C=C\c1nc(NC(=O)Nc2ccccc2N2CC(C)(C)c3c(-c4cc(C(F)(F)F)no4)c(F)cc(O)c32)sc1C. The Kier molecular flexibility index (Phi) is 7.55. The predicted octanol–water partition coefficient (Wildman–Crippen LogP) is 8.63. The van der Waals surface area contributed by atoms with Crippen LogP contribution in [0.2, 0.25) is 0 Å². The number of alkyl halides is 3. The maximum absolute atomic E-state index is 15.3. The van der Waals surface area contributed by atoms with E-state index >= 15 is 4.39 Å². The van der Waals surface area contributed by atoms with Gasteiger partial charge in [-0.1, -0.05) is 49.4 Å². The molecular formula is C30H27F4N5O3S. The molecule has 4 aromatic rings. The van der Waals surface area contributed by atoms with Gasteiger partial charge < -0.3 is 19.8 Å². The first-order chi connectivity index (χ1) is 20.2. The molecule has 2 amide bonds. The van der Waals surface area contributed by atoms with Crippen LogP contribution in [0.15, 0.2) is 59.1 Å². The minimum Gasteiger partial charge on any atom is -0.506 e. The lowest BCUT2D eigenvalue weighted by Crippen LogP contribution is -2.27. The van der Waals surface area contributed by atoms with Crippen molar-refractivity contribution < 1.29 is 32.0 Å². The standard InChI is InChI=1S/C30H27F4N5O3S/c1-15(2)10-11-18-16(3)43-28(36-18)37-27(41)35-19-8-6-7-9-20(19)39-14-29(4,5)25-24(17(31)12-21(40)26(25)39)22-13-23(38-42-22)30(32,33)34/h6-13,40H,1,14H2,2-5H3,(H2,35,36,37,41)/b11-10-. The third kappa shape index (κ3) is 5.85. The molecule has 0 saturated heterocycles. The first-order valence-corrected chi connectivity index (χ1v) is 13.8. The largest absolute Gasteiger partial charge is 0.506 e. The summed E-state index contributed by atoms with van der Waals surface area (Å²) in [6, 6.07) is 7.68. The number of benzene rings is 2. The van der Waals surface area contributed by atoms with Crippen molar-refractivity contribution in [2.75, 3.05) is 22.1 Å². The van der Waals surface area contributed by atoms with Crippen molar-refractivity contribution in [3.63, 3.8) is 0 Å². The summed E-state index contributed by atoms with van der Waals surface area (Å²) < 4.78 is 60.0. The maximum Gasteiger partial charge on any atom is 0.436 e. The Morgan fingerprint density at radius 2 is 1.95 bits per heavy atom. The van der Waals surface area contributed by atoms with Crippen LogP contribution in [0.25, 0.3) is 17.4 Å². The van der Waals surface area contributed by atoms with Gasteiger partial charge in [-0.2, -0.15) is 13.2 Å². The molecule has 43 heavy (non-hydrogen) atoms. The summed E-state index contributed by atoms with van der Waals surface area (Å²) >= 11 is 1.30. The van der Waals surface area contributed by atoms with Gasteiger partial charge in [0, 0.05) is 34.5 Å². The predicted molar refractivity (Wildman–Crippen MR) is 158 cm³/mol. The van der Waals surface area contributed by atoms with Gasteiger partial charge in [0.05, 0.1) is 28.3 Å². The van der Waals surface area contributed by atoms with Gasteiger partial charge >= 0.3 is 12.2 Å². The lowest BCUT2D eigenvalue weighted by molar-refractivity contribution is -0.142. The number of nitrogens with one attached hydrogen (secondary N) is 2.